The molecule has 4 aromatic rings. The number of aliphatic carboxylic acids is 1. The fourth-order valence-electron chi connectivity index (χ4n) is 2.68. The number of rotatable bonds is 5. The van der Waals surface area contributed by atoms with E-state index in [0.29, 0.717) is 0 Å². The molecule has 0 radical (unpaired) electrons. The van der Waals surface area contributed by atoms with E-state index in [4.69, 9.17) is 5.11 Å². The highest BCUT2D eigenvalue weighted by Crippen LogP contribution is 2.45. The molecule has 5 heteroatoms. The van der Waals surface area contributed by atoms with Crippen LogP contribution in [0.3, 0.4) is 0 Å². The zero-order chi connectivity index (χ0) is 17.9. The molecule has 0 bridgehead atoms. The van der Waals surface area contributed by atoms with Crippen LogP contribution in [0.25, 0.3) is 36.7 Å². The standard InChI is InChI=1S/C21H14O2S3/c22-20(23)10-7-14-5-8-15(9-6-14)16-13-19(17-3-1-11-24-17)26-21(16)18-4-2-12-25-18/h1-13H,(H,22,23). The molecule has 0 atom stereocenters. The summed E-state index contributed by atoms with van der Waals surface area (Å²) in [5, 5.41) is 13.0. The van der Waals surface area contributed by atoms with Gasteiger partial charge in [-0.05, 0) is 46.2 Å². The Kier molecular flexibility index (Phi) is 4.84. The second kappa shape index (κ2) is 7.41. The summed E-state index contributed by atoms with van der Waals surface area (Å²) in [5.41, 5.74) is 3.23. The van der Waals surface area contributed by atoms with Crippen molar-refractivity contribution >= 4 is 46.1 Å². The molecule has 0 saturated carbocycles. The number of hydrogen-bond donors (Lipinski definition) is 1. The lowest BCUT2D eigenvalue weighted by Gasteiger charge is -2.03. The predicted molar refractivity (Wildman–Crippen MR) is 113 cm³/mol. The molecule has 1 aromatic carbocycles. The minimum absolute atomic E-state index is 0.877. The number of thiophene rings is 3. The van der Waals surface area contributed by atoms with E-state index in [9.17, 15) is 4.79 Å². The van der Waals surface area contributed by atoms with Gasteiger partial charge in [0.05, 0.1) is 4.88 Å². The van der Waals surface area contributed by atoms with Crippen LogP contribution in [-0.4, -0.2) is 11.1 Å². The second-order valence-corrected chi connectivity index (χ2v) is 8.55. The Morgan fingerprint density at radius 3 is 2.19 bits per heavy atom. The Morgan fingerprint density at radius 2 is 1.58 bits per heavy atom. The first-order chi connectivity index (χ1) is 12.7. The summed E-state index contributed by atoms with van der Waals surface area (Å²) in [6, 6.07) is 18.7. The van der Waals surface area contributed by atoms with Crippen LogP contribution in [0.5, 0.6) is 0 Å². The normalized spacial score (nSPS) is 11.2. The van der Waals surface area contributed by atoms with Gasteiger partial charge >= 0.3 is 5.97 Å². The maximum absolute atomic E-state index is 10.7. The molecule has 0 saturated heterocycles. The molecule has 0 unspecified atom stereocenters. The van der Waals surface area contributed by atoms with Crippen LogP contribution in [0.1, 0.15) is 5.56 Å². The maximum atomic E-state index is 10.7. The Hall–Kier alpha value is -2.47. The molecule has 0 aliphatic carbocycles. The number of carboxylic acid groups (broad SMARTS) is 1. The van der Waals surface area contributed by atoms with Gasteiger partial charge in [-0.1, -0.05) is 36.4 Å². The number of carbonyl (C=O) groups is 1. The van der Waals surface area contributed by atoms with E-state index in [-0.39, 0.29) is 0 Å². The average Bonchev–Trinajstić information content (AvgIpc) is 3.40. The minimum atomic E-state index is -0.938. The predicted octanol–water partition coefficient (Wildman–Crippen LogP) is 6.97. The van der Waals surface area contributed by atoms with Gasteiger partial charge in [-0.25, -0.2) is 4.79 Å². The molecule has 0 fully saturated rings. The molecule has 128 valence electrons. The fourth-order valence-corrected chi connectivity index (χ4v) is 5.55. The van der Waals surface area contributed by atoms with Crippen LogP contribution in [-0.2, 0) is 4.79 Å². The molecule has 0 aliphatic rings. The number of carboxylic acids is 1. The lowest BCUT2D eigenvalue weighted by Crippen LogP contribution is -1.85. The van der Waals surface area contributed by atoms with Crippen molar-refractivity contribution in [1.29, 1.82) is 0 Å². The molecule has 4 rings (SSSR count). The molecule has 0 amide bonds. The monoisotopic (exact) mass is 394 g/mol. The van der Waals surface area contributed by atoms with Crippen LogP contribution in [0, 0.1) is 0 Å². The molecule has 1 N–H and O–H groups in total. The van der Waals surface area contributed by atoms with Crippen molar-refractivity contribution in [1.82, 2.24) is 0 Å². The van der Waals surface area contributed by atoms with Gasteiger partial charge in [0.1, 0.15) is 0 Å². The highest BCUT2D eigenvalue weighted by molar-refractivity contribution is 7.26. The Bertz CT molecular complexity index is 1040. The lowest BCUT2D eigenvalue weighted by molar-refractivity contribution is -0.131. The maximum Gasteiger partial charge on any atom is 0.328 e. The van der Waals surface area contributed by atoms with Crippen molar-refractivity contribution in [2.75, 3.05) is 0 Å². The quantitative estimate of drug-likeness (QED) is 0.371. The van der Waals surface area contributed by atoms with Gasteiger partial charge in [-0.2, -0.15) is 0 Å². The molecule has 26 heavy (non-hydrogen) atoms. The summed E-state index contributed by atoms with van der Waals surface area (Å²) in [7, 11) is 0. The van der Waals surface area contributed by atoms with E-state index in [0.717, 1.165) is 17.2 Å². The summed E-state index contributed by atoms with van der Waals surface area (Å²) in [6.07, 6.45) is 2.77. The summed E-state index contributed by atoms with van der Waals surface area (Å²) >= 11 is 5.32. The van der Waals surface area contributed by atoms with Crippen LogP contribution in [0.15, 0.2) is 71.4 Å². The van der Waals surface area contributed by atoms with E-state index in [1.807, 2.05) is 23.5 Å². The molecule has 2 nitrogen and oxygen atoms in total. The topological polar surface area (TPSA) is 37.3 Å². The van der Waals surface area contributed by atoms with Crippen LogP contribution < -0.4 is 0 Å². The van der Waals surface area contributed by atoms with Gasteiger partial charge < -0.3 is 5.11 Å². The van der Waals surface area contributed by atoms with Crippen LogP contribution in [0.2, 0.25) is 0 Å². The van der Waals surface area contributed by atoms with E-state index in [1.165, 1.54) is 25.1 Å². The van der Waals surface area contributed by atoms with Crippen molar-refractivity contribution in [3.8, 4) is 30.6 Å². The molecule has 3 heterocycles. The minimum Gasteiger partial charge on any atom is -0.478 e. The van der Waals surface area contributed by atoms with Crippen LogP contribution >= 0.6 is 34.0 Å². The Balaban J connectivity index is 1.76. The third kappa shape index (κ3) is 3.55. The van der Waals surface area contributed by atoms with Crippen molar-refractivity contribution in [3.63, 3.8) is 0 Å². The molecule has 0 spiro atoms. The first-order valence-corrected chi connectivity index (χ1v) is 10.5. The first kappa shape index (κ1) is 17.0. The number of hydrogen-bond acceptors (Lipinski definition) is 4. The van der Waals surface area contributed by atoms with Gasteiger partial charge in [-0.3, -0.25) is 0 Å². The highest BCUT2D eigenvalue weighted by Gasteiger charge is 2.15. The average molecular weight is 395 g/mol. The Morgan fingerprint density at radius 1 is 0.885 bits per heavy atom. The van der Waals surface area contributed by atoms with E-state index < -0.39 is 5.97 Å². The number of benzene rings is 1. The first-order valence-electron chi connectivity index (χ1n) is 7.94. The van der Waals surface area contributed by atoms with Crippen molar-refractivity contribution < 1.29 is 9.90 Å². The SMILES string of the molecule is O=C(O)C=Cc1ccc(-c2cc(-c3cccs3)sc2-c2cccs2)cc1. The largest absolute Gasteiger partial charge is 0.478 e. The molecule has 3 aromatic heterocycles. The fraction of sp³-hybridized carbons (Fsp3) is 0. The summed E-state index contributed by atoms with van der Waals surface area (Å²) in [6.45, 7) is 0. The zero-order valence-electron chi connectivity index (χ0n) is 13.6. The molecule has 0 aliphatic heterocycles. The van der Waals surface area contributed by atoms with Crippen molar-refractivity contribution in [3.05, 3.63) is 77.0 Å². The summed E-state index contributed by atoms with van der Waals surface area (Å²) < 4.78 is 0. The van der Waals surface area contributed by atoms with Crippen molar-refractivity contribution in [2.45, 2.75) is 0 Å². The molecular weight excluding hydrogens is 380 g/mol. The van der Waals surface area contributed by atoms with E-state index in [1.54, 1.807) is 28.7 Å². The van der Waals surface area contributed by atoms with Gasteiger partial charge in [-0.15, -0.1) is 34.0 Å². The molecular formula is C21H14O2S3. The van der Waals surface area contributed by atoms with Crippen LogP contribution in [0.4, 0.5) is 0 Å². The van der Waals surface area contributed by atoms with E-state index >= 15 is 0 Å². The van der Waals surface area contributed by atoms with Gasteiger partial charge in [0.15, 0.2) is 0 Å². The van der Waals surface area contributed by atoms with E-state index in [2.05, 4.69) is 53.2 Å². The summed E-state index contributed by atoms with van der Waals surface area (Å²) in [5.74, 6) is -0.938. The van der Waals surface area contributed by atoms with Gasteiger partial charge in [0.25, 0.3) is 0 Å². The second-order valence-electron chi connectivity index (χ2n) is 5.60. The smallest absolute Gasteiger partial charge is 0.328 e. The van der Waals surface area contributed by atoms with Crippen molar-refractivity contribution in [2.24, 2.45) is 0 Å². The lowest BCUT2D eigenvalue weighted by atomic mass is 10.0. The third-order valence-corrected chi connectivity index (χ3v) is 7.13. The highest BCUT2D eigenvalue weighted by atomic mass is 32.1. The summed E-state index contributed by atoms with van der Waals surface area (Å²) in [4.78, 5) is 15.8. The Labute approximate surface area is 163 Å². The zero-order valence-corrected chi connectivity index (χ0v) is 16.0. The third-order valence-electron chi connectivity index (χ3n) is 3.88. The van der Waals surface area contributed by atoms with Gasteiger partial charge in [0, 0.05) is 26.3 Å². The van der Waals surface area contributed by atoms with Gasteiger partial charge in [0.2, 0.25) is 0 Å².